The Morgan fingerprint density at radius 1 is 1.21 bits per heavy atom. The first kappa shape index (κ1) is 18.4. The van der Waals surface area contributed by atoms with E-state index >= 15 is 0 Å². The van der Waals surface area contributed by atoms with E-state index in [-0.39, 0.29) is 45.0 Å². The van der Waals surface area contributed by atoms with E-state index in [4.69, 9.17) is 9.15 Å². The van der Waals surface area contributed by atoms with Crippen LogP contribution in [0.1, 0.15) is 45.7 Å². The Morgan fingerprint density at radius 2 is 1.93 bits per heavy atom. The van der Waals surface area contributed by atoms with Crippen molar-refractivity contribution in [1.82, 2.24) is 0 Å². The lowest BCUT2D eigenvalue weighted by atomic mass is 9.79. The van der Waals surface area contributed by atoms with Crippen LogP contribution < -0.4 is 10.2 Å². The Balaban J connectivity index is 2.24. The third kappa shape index (κ3) is 2.42. The van der Waals surface area contributed by atoms with Gasteiger partial charge in [-0.15, -0.1) is 0 Å². The summed E-state index contributed by atoms with van der Waals surface area (Å²) in [6, 6.07) is 4.65. The molecule has 0 unspecified atom stereocenters. The van der Waals surface area contributed by atoms with Crippen molar-refractivity contribution >= 4 is 21.9 Å². The molecule has 0 bridgehead atoms. The lowest BCUT2D eigenvalue weighted by Crippen LogP contribution is -2.29. The number of hydrogen-bond acceptors (Lipinski definition) is 5. The van der Waals surface area contributed by atoms with Crippen LogP contribution in [-0.2, 0) is 11.8 Å². The maximum atomic E-state index is 13.3. The Morgan fingerprint density at radius 3 is 2.61 bits per heavy atom. The SMILES string of the molecule is CC(C)=CCc1c2c(c(O)c3c(=O)c4cccc(O)c4oc13)C(C)(C)[C@@H](C)O2. The normalized spacial score (nSPS) is 17.5. The van der Waals surface area contributed by atoms with Crippen molar-refractivity contribution in [2.24, 2.45) is 0 Å². The largest absolute Gasteiger partial charge is 0.507 e. The zero-order valence-electron chi connectivity index (χ0n) is 16.7. The van der Waals surface area contributed by atoms with Crippen molar-refractivity contribution in [3.05, 3.63) is 51.2 Å². The monoisotopic (exact) mass is 380 g/mol. The fourth-order valence-electron chi connectivity index (χ4n) is 3.86. The number of hydrogen-bond donors (Lipinski definition) is 2. The second-order valence-electron chi connectivity index (χ2n) is 8.29. The number of rotatable bonds is 2. The third-order valence-electron chi connectivity index (χ3n) is 5.82. The van der Waals surface area contributed by atoms with E-state index in [1.807, 2.05) is 40.7 Å². The topological polar surface area (TPSA) is 79.9 Å². The number of allylic oxidation sites excluding steroid dienone is 2. The predicted octanol–water partition coefficient (Wildman–Crippen LogP) is 4.92. The summed E-state index contributed by atoms with van der Waals surface area (Å²) in [7, 11) is 0. The molecule has 5 heteroatoms. The smallest absolute Gasteiger partial charge is 0.204 e. The maximum absolute atomic E-state index is 13.3. The molecule has 0 radical (unpaired) electrons. The highest BCUT2D eigenvalue weighted by Gasteiger charge is 2.44. The van der Waals surface area contributed by atoms with Gasteiger partial charge in [-0.05, 0) is 39.3 Å². The van der Waals surface area contributed by atoms with E-state index < -0.39 is 5.41 Å². The van der Waals surface area contributed by atoms with Crippen molar-refractivity contribution in [1.29, 1.82) is 0 Å². The Labute approximate surface area is 162 Å². The van der Waals surface area contributed by atoms with E-state index in [0.717, 1.165) is 5.57 Å². The highest BCUT2D eigenvalue weighted by atomic mass is 16.5. The number of phenolic OH excluding ortho intramolecular Hbond substituents is 2. The fraction of sp³-hybridized carbons (Fsp3) is 0.348. The van der Waals surface area contributed by atoms with Crippen molar-refractivity contribution in [2.75, 3.05) is 0 Å². The van der Waals surface area contributed by atoms with Gasteiger partial charge in [0, 0.05) is 16.5 Å². The van der Waals surface area contributed by atoms with E-state index in [1.54, 1.807) is 12.1 Å². The summed E-state index contributed by atoms with van der Waals surface area (Å²) < 4.78 is 12.2. The Kier molecular flexibility index (Phi) is 3.96. The van der Waals surface area contributed by atoms with Crippen molar-refractivity contribution in [3.63, 3.8) is 0 Å². The minimum Gasteiger partial charge on any atom is -0.507 e. The molecule has 0 spiro atoms. The summed E-state index contributed by atoms with van der Waals surface area (Å²) in [6.45, 7) is 9.93. The molecule has 0 aliphatic carbocycles. The minimum absolute atomic E-state index is 0.0979. The number of para-hydroxylation sites is 1. The van der Waals surface area contributed by atoms with E-state index in [1.165, 1.54) is 6.07 Å². The van der Waals surface area contributed by atoms with Gasteiger partial charge in [0.1, 0.15) is 28.6 Å². The van der Waals surface area contributed by atoms with Crippen LogP contribution in [0.3, 0.4) is 0 Å². The van der Waals surface area contributed by atoms with Gasteiger partial charge in [0.25, 0.3) is 0 Å². The summed E-state index contributed by atoms with van der Waals surface area (Å²) in [4.78, 5) is 13.3. The van der Waals surface area contributed by atoms with Crippen LogP contribution in [-0.4, -0.2) is 16.3 Å². The van der Waals surface area contributed by atoms with Gasteiger partial charge in [0.15, 0.2) is 11.3 Å². The number of fused-ring (bicyclic) bond motifs is 3. The molecule has 146 valence electrons. The third-order valence-corrected chi connectivity index (χ3v) is 5.82. The average molecular weight is 380 g/mol. The van der Waals surface area contributed by atoms with Crippen LogP contribution >= 0.6 is 0 Å². The van der Waals surface area contributed by atoms with E-state index in [9.17, 15) is 15.0 Å². The fourth-order valence-corrected chi connectivity index (χ4v) is 3.86. The van der Waals surface area contributed by atoms with Crippen LogP contribution in [0.25, 0.3) is 21.9 Å². The van der Waals surface area contributed by atoms with Gasteiger partial charge in [-0.2, -0.15) is 0 Å². The average Bonchev–Trinajstić information content (AvgIpc) is 2.85. The number of ether oxygens (including phenoxy) is 1. The molecular weight excluding hydrogens is 356 g/mol. The summed E-state index contributed by atoms with van der Waals surface area (Å²) in [5.41, 5.74) is 2.02. The quantitative estimate of drug-likeness (QED) is 0.487. The zero-order chi connectivity index (χ0) is 20.4. The second kappa shape index (κ2) is 6.03. The van der Waals surface area contributed by atoms with Crippen molar-refractivity contribution in [3.8, 4) is 17.2 Å². The predicted molar refractivity (Wildman–Crippen MR) is 110 cm³/mol. The highest BCUT2D eigenvalue weighted by Crippen LogP contribution is 2.52. The summed E-state index contributed by atoms with van der Waals surface area (Å²) in [5, 5.41) is 21.7. The molecule has 3 aromatic rings. The van der Waals surface area contributed by atoms with Gasteiger partial charge in [0.05, 0.1) is 5.39 Å². The molecule has 4 rings (SSSR count). The van der Waals surface area contributed by atoms with Crippen LogP contribution in [0.4, 0.5) is 0 Å². The van der Waals surface area contributed by atoms with Gasteiger partial charge >= 0.3 is 0 Å². The van der Waals surface area contributed by atoms with Gasteiger partial charge in [-0.25, -0.2) is 0 Å². The van der Waals surface area contributed by atoms with Gasteiger partial charge < -0.3 is 19.4 Å². The van der Waals surface area contributed by atoms with Gasteiger partial charge in [-0.3, -0.25) is 4.79 Å². The van der Waals surface area contributed by atoms with E-state index in [0.29, 0.717) is 23.3 Å². The van der Waals surface area contributed by atoms with Crippen LogP contribution in [0, 0.1) is 0 Å². The first-order valence-electron chi connectivity index (χ1n) is 9.41. The molecule has 28 heavy (non-hydrogen) atoms. The zero-order valence-corrected chi connectivity index (χ0v) is 16.7. The summed E-state index contributed by atoms with van der Waals surface area (Å²) in [5.74, 6) is 0.358. The Hall–Kier alpha value is -2.95. The standard InChI is InChI=1S/C23H24O5/c1-11(2)9-10-14-21-16(18(25)13-7-6-8-15(24)20(13)28-21)19(26)17-22(14)27-12(3)23(17,4)5/h6-9,12,24,26H,10H2,1-5H3/t12-/m1/s1. The number of aromatic hydroxyl groups is 2. The van der Waals surface area contributed by atoms with Gasteiger partial charge in [-0.1, -0.05) is 31.6 Å². The van der Waals surface area contributed by atoms with Crippen LogP contribution in [0.15, 0.2) is 39.1 Å². The van der Waals surface area contributed by atoms with Crippen molar-refractivity contribution < 1.29 is 19.4 Å². The summed E-state index contributed by atoms with van der Waals surface area (Å²) >= 11 is 0. The first-order chi connectivity index (χ1) is 13.1. The highest BCUT2D eigenvalue weighted by molar-refractivity contribution is 5.99. The molecule has 0 fully saturated rings. The van der Waals surface area contributed by atoms with Crippen molar-refractivity contribution in [2.45, 2.75) is 52.6 Å². The number of benzene rings is 2. The molecular formula is C23H24O5. The van der Waals surface area contributed by atoms with Crippen LogP contribution in [0.2, 0.25) is 0 Å². The van der Waals surface area contributed by atoms with Gasteiger partial charge in [0.2, 0.25) is 5.43 Å². The molecule has 2 N–H and O–H groups in total. The first-order valence-corrected chi connectivity index (χ1v) is 9.41. The molecule has 5 nitrogen and oxygen atoms in total. The lowest BCUT2D eigenvalue weighted by Gasteiger charge is -2.23. The molecule has 0 saturated heterocycles. The van der Waals surface area contributed by atoms with Crippen LogP contribution in [0.5, 0.6) is 17.2 Å². The molecule has 2 aromatic carbocycles. The molecule has 0 amide bonds. The molecule has 1 aliphatic heterocycles. The molecule has 1 aliphatic rings. The molecule has 1 aromatic heterocycles. The minimum atomic E-state index is -0.465. The summed E-state index contributed by atoms with van der Waals surface area (Å²) in [6.07, 6.45) is 2.35. The molecule has 1 atom stereocenters. The molecule has 2 heterocycles. The van der Waals surface area contributed by atoms with E-state index in [2.05, 4.69) is 0 Å². The number of phenols is 2. The second-order valence-corrected chi connectivity index (χ2v) is 8.29. The maximum Gasteiger partial charge on any atom is 0.204 e. The molecule has 0 saturated carbocycles. The Bertz CT molecular complexity index is 1210. The lowest BCUT2D eigenvalue weighted by molar-refractivity contribution is 0.184.